The molecule has 0 aliphatic carbocycles. The number of amides is 7. The van der Waals surface area contributed by atoms with Crippen LogP contribution in [0.3, 0.4) is 0 Å². The summed E-state index contributed by atoms with van der Waals surface area (Å²) < 4.78 is 43.0. The fourth-order valence-electron chi connectivity index (χ4n) is 13.5. The molecule has 8 aliphatic rings. The predicted octanol–water partition coefficient (Wildman–Crippen LogP) is 0.426. The maximum absolute atomic E-state index is 16.4. The van der Waals surface area contributed by atoms with Gasteiger partial charge in [0.25, 0.3) is 0 Å². The minimum atomic E-state index is -2.51. The van der Waals surface area contributed by atoms with Crippen LogP contribution in [0.4, 0.5) is 0 Å². The Morgan fingerprint density at radius 2 is 1.11 bits per heavy atom. The molecule has 0 spiro atoms. The molecule has 110 heavy (non-hydrogen) atoms. The van der Waals surface area contributed by atoms with Crippen molar-refractivity contribution < 1.29 is 138 Å². The Labute approximate surface area is 629 Å². The second-order valence-corrected chi connectivity index (χ2v) is 27.3. The number of benzene rings is 7. The van der Waals surface area contributed by atoms with Crippen molar-refractivity contribution in [3.05, 3.63) is 164 Å². The molecule has 2 fully saturated rings. The summed E-state index contributed by atoms with van der Waals surface area (Å²) in [6, 6.07) is 3.70. The summed E-state index contributed by atoms with van der Waals surface area (Å²) in [6.07, 6.45) is -20.7. The highest BCUT2D eigenvalue weighted by atomic mass is 35.5. The molecule has 0 radical (unpaired) electrons. The molecule has 0 aromatic heterocycles. The Balaban J connectivity index is 1.05. The Kier molecular flexibility index (Phi) is 21.6. The lowest BCUT2D eigenvalue weighted by Crippen LogP contribution is -2.65. The van der Waals surface area contributed by atoms with Crippen molar-refractivity contribution in [1.29, 1.82) is 0 Å². The number of carboxylic acid groups (broad SMARTS) is 1. The quantitative estimate of drug-likeness (QED) is 0.0980. The third-order valence-corrected chi connectivity index (χ3v) is 19.6. The van der Waals surface area contributed by atoms with Crippen molar-refractivity contribution in [2.45, 2.75) is 123 Å². The number of nitrogens with two attached hydrogens (primary N) is 1. The number of phenols is 5. The molecule has 2 saturated heterocycles. The Bertz CT molecular complexity index is 4880. The first-order valence-corrected chi connectivity index (χ1v) is 34.3. The van der Waals surface area contributed by atoms with E-state index in [1.54, 1.807) is 0 Å². The highest BCUT2D eigenvalue weighted by molar-refractivity contribution is 6.32. The van der Waals surface area contributed by atoms with Crippen LogP contribution in [0, 0.1) is 0 Å². The van der Waals surface area contributed by atoms with Crippen LogP contribution in [0.1, 0.15) is 82.2 Å². The van der Waals surface area contributed by atoms with Crippen molar-refractivity contribution in [2.75, 3.05) is 13.2 Å². The third kappa shape index (κ3) is 15.3. The number of halogens is 2. The minimum absolute atomic E-state index is 0.0678. The van der Waals surface area contributed by atoms with E-state index >= 15 is 24.0 Å². The molecule has 1 unspecified atom stereocenters. The van der Waals surface area contributed by atoms with Gasteiger partial charge in [-0.25, -0.2) is 4.79 Å². The first-order chi connectivity index (χ1) is 52.3. The molecular formula is C72H68Cl2N8O28. The minimum Gasteiger partial charge on any atom is -0.508 e. The molecule has 578 valence electrons. The number of hydrogen-bond donors (Lipinski definition) is 21. The number of nitrogens with one attached hydrogen (secondary N) is 7. The number of carbonyl (C=O) groups excluding carboxylic acids is 7. The zero-order valence-electron chi connectivity index (χ0n) is 56.8. The zero-order valence-corrected chi connectivity index (χ0v) is 58.3. The summed E-state index contributed by atoms with van der Waals surface area (Å²) in [6.45, 7) is -1.05. The van der Waals surface area contributed by atoms with Gasteiger partial charge in [-0.15, -0.1) is 0 Å². The van der Waals surface area contributed by atoms with E-state index in [9.17, 15) is 80.8 Å². The number of aliphatic hydroxyl groups is 7. The summed E-state index contributed by atoms with van der Waals surface area (Å²) in [7, 11) is 0. The number of aliphatic carboxylic acids is 1. The number of carbonyl (C=O) groups is 8. The number of phenolic OH excluding ortho intramolecular Hbond substituents is 5. The predicted molar refractivity (Wildman–Crippen MR) is 372 cm³/mol. The van der Waals surface area contributed by atoms with Crippen molar-refractivity contribution in [1.82, 2.24) is 37.2 Å². The molecule has 7 aromatic rings. The molecule has 7 aromatic carbocycles. The molecule has 18 atom stereocenters. The van der Waals surface area contributed by atoms with Gasteiger partial charge in [0.1, 0.15) is 131 Å². The van der Waals surface area contributed by atoms with E-state index in [1.165, 1.54) is 30.3 Å². The van der Waals surface area contributed by atoms with E-state index < -0.39 is 261 Å². The van der Waals surface area contributed by atoms with Gasteiger partial charge in [-0.05, 0) is 112 Å². The monoisotopic (exact) mass is 1560 g/mol. The van der Waals surface area contributed by atoms with Crippen LogP contribution in [-0.4, -0.2) is 200 Å². The average molecular weight is 1560 g/mol. The average Bonchev–Trinajstić information content (AvgIpc) is 0.766. The fourth-order valence-corrected chi connectivity index (χ4v) is 13.9. The van der Waals surface area contributed by atoms with Gasteiger partial charge in [-0.1, -0.05) is 47.5 Å². The Morgan fingerprint density at radius 1 is 0.536 bits per heavy atom. The van der Waals surface area contributed by atoms with Crippen LogP contribution in [0.15, 0.2) is 115 Å². The molecule has 8 heterocycles. The van der Waals surface area contributed by atoms with Gasteiger partial charge in [0.2, 0.25) is 53.4 Å². The van der Waals surface area contributed by atoms with Gasteiger partial charge in [0, 0.05) is 42.2 Å². The number of fused-ring (bicyclic) bond motifs is 14. The normalized spacial score (nSPS) is 28.1. The van der Waals surface area contributed by atoms with E-state index in [0.717, 1.165) is 91.9 Å². The lowest BCUT2D eigenvalue weighted by molar-refractivity contribution is -0.284. The van der Waals surface area contributed by atoms with Crippen molar-refractivity contribution in [3.8, 4) is 80.1 Å². The fraction of sp³-hybridized carbons (Fsp3) is 0.306. The lowest BCUT2D eigenvalue weighted by Gasteiger charge is -2.44. The van der Waals surface area contributed by atoms with E-state index in [2.05, 4.69) is 37.2 Å². The summed E-state index contributed by atoms with van der Waals surface area (Å²) in [5, 5.41) is 163. The molecule has 0 saturated carbocycles. The number of hydrogen-bond acceptors (Lipinski definition) is 28. The van der Waals surface area contributed by atoms with Crippen molar-refractivity contribution in [2.24, 2.45) is 5.73 Å². The van der Waals surface area contributed by atoms with Gasteiger partial charge < -0.3 is 142 Å². The standard InChI is InChI=1S/C72H68Cl2N8O28/c1-24(85)76-55-60(93)58(91)47(22-83)108-71(55)110-63-28-5-9-42(37(74)15-28)106-46-18-30-17-45(57(46)90)105-41-8-2-25(10-36(41)73)11-38-64(96)78-52(29-12-31(86)19-33(13-29)104-43-16-26(3-7-40(43)89)50(75)65(97)77-38)67(99)80-53(30)68(100)79-51-27-4-6-39(88)34(14-27)49-35(54(70(102)103)81-69(101)56(63)82-66(51)98)20-32(87)21-44(49)107-72-62(95)61(94)59(92)48(23-84)109-72/h2-10,12-21,38,47-48,50-56,58-63,71-72,83-84,86-95H,11,22-23,75H2,1H3,(H,76,85)(H,77,97)(H,78,96)(H,79,100)(H,80,99)(H,81,101)(H,82,98)(H,102,103)/t38-,47+,48+,50+,51+,52+,53+,54?,55+,56-,58+,59+,60+,61-,62-,63+,71-,72-/m0/s1. The van der Waals surface area contributed by atoms with Crippen LogP contribution in [0.5, 0.6) is 69.0 Å². The van der Waals surface area contributed by atoms with E-state index in [4.69, 9.17) is 62.1 Å². The maximum Gasteiger partial charge on any atom is 0.330 e. The number of aromatic hydroxyl groups is 5. The molecule has 17 bridgehead atoms. The molecule has 36 nitrogen and oxygen atoms in total. The third-order valence-electron chi connectivity index (χ3n) is 19.0. The summed E-state index contributed by atoms with van der Waals surface area (Å²) in [4.78, 5) is 121. The number of ether oxygens (including phenoxy) is 7. The smallest absolute Gasteiger partial charge is 0.330 e. The van der Waals surface area contributed by atoms with Crippen LogP contribution >= 0.6 is 23.2 Å². The first kappa shape index (κ1) is 76.8. The van der Waals surface area contributed by atoms with E-state index in [1.807, 2.05) is 0 Å². The topological polar surface area (TPSA) is 574 Å². The first-order valence-electron chi connectivity index (χ1n) is 33.5. The molecule has 22 N–H and O–H groups in total. The van der Waals surface area contributed by atoms with E-state index in [-0.39, 0.29) is 44.5 Å². The SMILES string of the molecule is CC(=O)N[C@H]1[C@H](O[C@@H]2c3ccc(c(Cl)c3)Oc3cc4cc(c3O)Oc3ccc(cc3Cl)C[C@@H]3NC(=O)[C@H](N)c5ccc(O)c(c5)Oc5cc(O)cc(c5)[C@@H](NC3=O)C(=O)N[C@H]4C(=O)N[C@H]3C(=O)N[C@@H]2C(=O)NC(C(=O)O)c2cc(O)cc(O[C@H]4O[C@H](CO)[C@@H](O)[C@H](O)[C@@H]4O)c2-c2cc3ccc2O)O[C@H](CO)[C@@H](O)[C@@H]1O. The van der Waals surface area contributed by atoms with Gasteiger partial charge in [0.15, 0.2) is 35.3 Å². The molecule has 15 rings (SSSR count). The van der Waals surface area contributed by atoms with Crippen molar-refractivity contribution in [3.63, 3.8) is 0 Å². The highest BCUT2D eigenvalue weighted by Gasteiger charge is 2.50. The largest absolute Gasteiger partial charge is 0.508 e. The molecule has 7 amide bonds. The van der Waals surface area contributed by atoms with Crippen LogP contribution in [0.25, 0.3) is 11.1 Å². The number of aliphatic hydroxyl groups excluding tert-OH is 7. The van der Waals surface area contributed by atoms with Gasteiger partial charge >= 0.3 is 5.97 Å². The summed E-state index contributed by atoms with van der Waals surface area (Å²) >= 11 is 14.1. The van der Waals surface area contributed by atoms with Gasteiger partial charge in [-0.3, -0.25) is 33.6 Å². The number of rotatable bonds is 8. The van der Waals surface area contributed by atoms with Gasteiger partial charge in [0.05, 0.1) is 23.3 Å². The van der Waals surface area contributed by atoms with Crippen LogP contribution < -0.4 is 61.9 Å². The van der Waals surface area contributed by atoms with Crippen LogP contribution in [0.2, 0.25) is 10.0 Å². The van der Waals surface area contributed by atoms with E-state index in [0.29, 0.717) is 0 Å². The van der Waals surface area contributed by atoms with Gasteiger partial charge in [-0.2, -0.15) is 0 Å². The molecule has 38 heteroatoms. The zero-order chi connectivity index (χ0) is 78.7. The van der Waals surface area contributed by atoms with Crippen molar-refractivity contribution >= 4 is 70.5 Å². The number of carboxylic acids is 1. The Hall–Kier alpha value is -11.4. The summed E-state index contributed by atoms with van der Waals surface area (Å²) in [5.74, 6) is -18.0. The van der Waals surface area contributed by atoms with Crippen LogP contribution in [-0.2, 0) is 59.0 Å². The maximum atomic E-state index is 16.4. The highest BCUT2D eigenvalue weighted by Crippen LogP contribution is 2.50. The Morgan fingerprint density at radius 3 is 1.75 bits per heavy atom. The molecular weight excluding hydrogens is 1500 g/mol. The lowest BCUT2D eigenvalue weighted by atomic mass is 9.89. The second kappa shape index (κ2) is 31.0. The summed E-state index contributed by atoms with van der Waals surface area (Å²) in [5.41, 5.74) is 3.25. The second-order valence-electron chi connectivity index (χ2n) is 26.4. The molecule has 8 aliphatic heterocycles.